The van der Waals surface area contributed by atoms with E-state index in [-0.39, 0.29) is 11.9 Å². The standard InChI is InChI=1S/C29H39N7OS/c1-33-14-12-22(18-33)34(2)17-20-10-15-35(16-11-20)27-25-23(21-7-4-3-5-8-21)19-38-28(25)32-29(31-27)36-13-6-9-24(36)26(30)37/h3-5,7-8,19-20,22,24H,6,9-18H2,1-2H3,(H2,30,37). The predicted octanol–water partition coefficient (Wildman–Crippen LogP) is 3.66. The minimum atomic E-state index is -0.329. The van der Waals surface area contributed by atoms with E-state index in [2.05, 4.69) is 64.5 Å². The van der Waals surface area contributed by atoms with Gasteiger partial charge in [-0.1, -0.05) is 30.3 Å². The Hall–Kier alpha value is -2.75. The number of likely N-dealkylation sites (tertiary alicyclic amines) is 1. The second-order valence-corrected chi connectivity index (χ2v) is 12.2. The fraction of sp³-hybridized carbons (Fsp3) is 0.552. The maximum absolute atomic E-state index is 12.2. The van der Waals surface area contributed by atoms with Crippen molar-refractivity contribution in [2.75, 3.05) is 63.2 Å². The molecule has 3 saturated heterocycles. The minimum Gasteiger partial charge on any atom is -0.368 e. The van der Waals surface area contributed by atoms with Gasteiger partial charge in [0, 0.05) is 49.7 Å². The first-order valence-electron chi connectivity index (χ1n) is 14.0. The average Bonchev–Trinajstić information content (AvgIpc) is 3.69. The van der Waals surface area contributed by atoms with Crippen LogP contribution < -0.4 is 15.5 Å². The number of thiophene rings is 1. The van der Waals surface area contributed by atoms with Crippen LogP contribution in [-0.4, -0.2) is 91.1 Å². The van der Waals surface area contributed by atoms with E-state index in [1.54, 1.807) is 11.3 Å². The summed E-state index contributed by atoms with van der Waals surface area (Å²) in [6.45, 7) is 6.28. The van der Waals surface area contributed by atoms with E-state index in [0.717, 1.165) is 61.4 Å². The van der Waals surface area contributed by atoms with Crippen molar-refractivity contribution in [3.05, 3.63) is 35.7 Å². The molecule has 38 heavy (non-hydrogen) atoms. The second-order valence-electron chi connectivity index (χ2n) is 11.4. The fourth-order valence-corrected chi connectivity index (χ4v) is 7.49. The molecule has 2 aromatic heterocycles. The van der Waals surface area contributed by atoms with Crippen molar-refractivity contribution in [3.63, 3.8) is 0 Å². The van der Waals surface area contributed by atoms with E-state index >= 15 is 0 Å². The molecule has 0 aliphatic carbocycles. The normalized spacial score (nSPS) is 23.2. The maximum atomic E-state index is 12.2. The monoisotopic (exact) mass is 533 g/mol. The van der Waals surface area contributed by atoms with E-state index < -0.39 is 0 Å². The first-order valence-corrected chi connectivity index (χ1v) is 14.9. The van der Waals surface area contributed by atoms with Crippen LogP contribution in [0.2, 0.25) is 0 Å². The van der Waals surface area contributed by atoms with Gasteiger partial charge in [0.15, 0.2) is 0 Å². The topological polar surface area (TPSA) is 81.8 Å². The van der Waals surface area contributed by atoms with Gasteiger partial charge in [-0.25, -0.2) is 4.98 Å². The number of aromatic nitrogens is 2. The number of likely N-dealkylation sites (N-methyl/N-ethyl adjacent to an activating group) is 2. The summed E-state index contributed by atoms with van der Waals surface area (Å²) in [5, 5.41) is 3.34. The van der Waals surface area contributed by atoms with Crippen molar-refractivity contribution in [2.45, 2.75) is 44.2 Å². The molecule has 1 aromatic carbocycles. The van der Waals surface area contributed by atoms with Crippen LogP contribution in [0.5, 0.6) is 0 Å². The number of hydrogen-bond donors (Lipinski definition) is 1. The number of nitrogens with zero attached hydrogens (tertiary/aromatic N) is 6. The quantitative estimate of drug-likeness (QED) is 0.496. The third kappa shape index (κ3) is 4.99. The number of nitrogens with two attached hydrogens (primary N) is 1. The molecule has 8 nitrogen and oxygen atoms in total. The zero-order chi connectivity index (χ0) is 26.2. The molecule has 2 atom stereocenters. The Morgan fingerprint density at radius 3 is 2.58 bits per heavy atom. The minimum absolute atomic E-state index is 0.290. The largest absolute Gasteiger partial charge is 0.368 e. The molecule has 202 valence electrons. The summed E-state index contributed by atoms with van der Waals surface area (Å²) in [6, 6.07) is 10.9. The smallest absolute Gasteiger partial charge is 0.240 e. The maximum Gasteiger partial charge on any atom is 0.240 e. The van der Waals surface area contributed by atoms with Crippen LogP contribution in [0.4, 0.5) is 11.8 Å². The lowest BCUT2D eigenvalue weighted by atomic mass is 9.95. The first-order chi connectivity index (χ1) is 18.5. The van der Waals surface area contributed by atoms with Gasteiger partial charge in [-0.15, -0.1) is 11.3 Å². The van der Waals surface area contributed by atoms with Crippen molar-refractivity contribution in [1.29, 1.82) is 0 Å². The zero-order valence-electron chi connectivity index (χ0n) is 22.6. The second kappa shape index (κ2) is 10.8. The van der Waals surface area contributed by atoms with E-state index in [9.17, 15) is 4.79 Å². The van der Waals surface area contributed by atoms with E-state index in [4.69, 9.17) is 15.7 Å². The highest BCUT2D eigenvalue weighted by molar-refractivity contribution is 7.17. The van der Waals surface area contributed by atoms with E-state index in [1.807, 2.05) is 4.90 Å². The lowest BCUT2D eigenvalue weighted by molar-refractivity contribution is -0.119. The zero-order valence-corrected chi connectivity index (χ0v) is 23.4. The molecular weight excluding hydrogens is 494 g/mol. The number of fused-ring (bicyclic) bond motifs is 1. The van der Waals surface area contributed by atoms with Crippen LogP contribution in [0.1, 0.15) is 32.1 Å². The molecule has 9 heteroatoms. The Kier molecular flexibility index (Phi) is 7.24. The number of benzene rings is 1. The van der Waals surface area contributed by atoms with Crippen LogP contribution in [0, 0.1) is 5.92 Å². The fourth-order valence-electron chi connectivity index (χ4n) is 6.56. The number of anilines is 2. The molecule has 3 aliphatic rings. The van der Waals surface area contributed by atoms with Crippen LogP contribution in [0.3, 0.4) is 0 Å². The van der Waals surface area contributed by atoms with Gasteiger partial charge in [0.1, 0.15) is 16.7 Å². The molecule has 2 unspecified atom stereocenters. The van der Waals surface area contributed by atoms with Crippen molar-refractivity contribution in [3.8, 4) is 11.1 Å². The Bertz CT molecular complexity index is 1270. The number of carbonyl (C=O) groups is 1. The van der Waals surface area contributed by atoms with Gasteiger partial charge in [0.25, 0.3) is 0 Å². The Morgan fingerprint density at radius 1 is 1.08 bits per heavy atom. The highest BCUT2D eigenvalue weighted by Gasteiger charge is 2.33. The average molecular weight is 534 g/mol. The summed E-state index contributed by atoms with van der Waals surface area (Å²) in [7, 11) is 4.53. The van der Waals surface area contributed by atoms with E-state index in [1.165, 1.54) is 37.2 Å². The Balaban J connectivity index is 1.29. The van der Waals surface area contributed by atoms with Crippen molar-refractivity contribution >= 4 is 39.2 Å². The molecule has 3 aliphatic heterocycles. The van der Waals surface area contributed by atoms with Gasteiger partial charge in [-0.05, 0) is 64.2 Å². The third-order valence-corrected chi connectivity index (χ3v) is 9.65. The summed E-state index contributed by atoms with van der Waals surface area (Å²) in [6.07, 6.45) is 5.29. The molecule has 0 radical (unpaired) electrons. The SMILES string of the molecule is CN1CCC(N(C)CC2CCN(c3nc(N4CCCC4C(N)=O)nc4scc(-c5ccccc5)c34)CC2)C1. The van der Waals surface area contributed by atoms with Gasteiger partial charge in [0.2, 0.25) is 11.9 Å². The summed E-state index contributed by atoms with van der Waals surface area (Å²) >= 11 is 1.66. The van der Waals surface area contributed by atoms with Crippen LogP contribution in [0.25, 0.3) is 21.3 Å². The number of piperidine rings is 1. The number of rotatable bonds is 7. The number of amides is 1. The number of primary amides is 1. The predicted molar refractivity (Wildman–Crippen MR) is 156 cm³/mol. The Labute approximate surface area is 229 Å². The molecule has 2 N–H and O–H groups in total. The van der Waals surface area contributed by atoms with Gasteiger partial charge in [0.05, 0.1) is 5.39 Å². The summed E-state index contributed by atoms with van der Waals surface area (Å²) < 4.78 is 0. The Morgan fingerprint density at radius 2 is 1.87 bits per heavy atom. The number of carbonyl (C=O) groups excluding carboxylic acids is 1. The van der Waals surface area contributed by atoms with Gasteiger partial charge in [-0.2, -0.15) is 4.98 Å². The number of hydrogen-bond acceptors (Lipinski definition) is 8. The van der Waals surface area contributed by atoms with Gasteiger partial charge in [-0.3, -0.25) is 4.79 Å². The molecule has 0 saturated carbocycles. The molecule has 1 amide bonds. The molecular formula is C29H39N7OS. The molecule has 6 rings (SSSR count). The van der Waals surface area contributed by atoms with Crippen molar-refractivity contribution < 1.29 is 4.79 Å². The molecule has 3 fully saturated rings. The van der Waals surface area contributed by atoms with Gasteiger partial charge < -0.3 is 25.3 Å². The molecule has 3 aromatic rings. The summed E-state index contributed by atoms with van der Waals surface area (Å²) in [5.74, 6) is 2.06. The van der Waals surface area contributed by atoms with E-state index in [0.29, 0.717) is 17.9 Å². The highest BCUT2D eigenvalue weighted by Crippen LogP contribution is 2.41. The molecule has 5 heterocycles. The third-order valence-electron chi connectivity index (χ3n) is 8.78. The highest BCUT2D eigenvalue weighted by atomic mass is 32.1. The summed E-state index contributed by atoms with van der Waals surface area (Å²) in [4.78, 5) is 32.8. The first kappa shape index (κ1) is 25.5. The molecule has 0 spiro atoms. The lowest BCUT2D eigenvalue weighted by Gasteiger charge is -2.36. The summed E-state index contributed by atoms with van der Waals surface area (Å²) in [5.41, 5.74) is 8.13. The van der Waals surface area contributed by atoms with Crippen LogP contribution in [-0.2, 0) is 4.79 Å². The van der Waals surface area contributed by atoms with Crippen LogP contribution in [0.15, 0.2) is 35.7 Å². The van der Waals surface area contributed by atoms with Crippen LogP contribution >= 0.6 is 11.3 Å². The van der Waals surface area contributed by atoms with Crippen molar-refractivity contribution in [1.82, 2.24) is 19.8 Å². The molecule has 0 bridgehead atoms. The van der Waals surface area contributed by atoms with Crippen molar-refractivity contribution in [2.24, 2.45) is 11.7 Å². The lowest BCUT2D eigenvalue weighted by Crippen LogP contribution is -2.42. The van der Waals surface area contributed by atoms with Gasteiger partial charge >= 0.3 is 0 Å².